The van der Waals surface area contributed by atoms with Gasteiger partial charge < -0.3 is 35.3 Å². The van der Waals surface area contributed by atoms with Gasteiger partial charge in [0.2, 0.25) is 12.1 Å². The van der Waals surface area contributed by atoms with Crippen LogP contribution >= 0.6 is 0 Å². The Labute approximate surface area is 232 Å². The lowest BCUT2D eigenvalue weighted by molar-refractivity contribution is -0.141. The molecule has 4 N–H and O–H groups in total. The largest absolute Gasteiger partial charge is 0.436 e. The molecule has 3 atom stereocenters. The van der Waals surface area contributed by atoms with E-state index in [4.69, 9.17) is 19.9 Å². The first-order valence-electron chi connectivity index (χ1n) is 12.6. The monoisotopic (exact) mass is 571 g/mol. The van der Waals surface area contributed by atoms with Crippen LogP contribution in [0.2, 0.25) is 0 Å². The fourth-order valence-electron chi connectivity index (χ4n) is 4.78. The molecule has 1 aromatic heterocycles. The van der Waals surface area contributed by atoms with Crippen molar-refractivity contribution in [2.24, 2.45) is 0 Å². The van der Waals surface area contributed by atoms with Crippen LogP contribution < -0.4 is 16.7 Å². The summed E-state index contributed by atoms with van der Waals surface area (Å²) < 4.78 is 45.9. The van der Waals surface area contributed by atoms with Crippen molar-refractivity contribution in [3.05, 3.63) is 82.4 Å². The fraction of sp³-hybridized carbons (Fsp3) is 0.333. The third kappa shape index (κ3) is 5.49. The molecule has 1 fully saturated rings. The van der Waals surface area contributed by atoms with Crippen LogP contribution in [-0.2, 0) is 19.0 Å². The van der Waals surface area contributed by atoms with E-state index in [1.165, 1.54) is 7.05 Å². The van der Waals surface area contributed by atoms with Gasteiger partial charge in [-0.05, 0) is 17.2 Å². The number of carbonyl (C=O) groups is 2. The smallest absolute Gasteiger partial charge is 0.410 e. The summed E-state index contributed by atoms with van der Waals surface area (Å²) in [5, 5.41) is 12.5. The molecule has 1 saturated heterocycles. The van der Waals surface area contributed by atoms with E-state index < -0.39 is 61.5 Å². The molecule has 41 heavy (non-hydrogen) atoms. The Bertz CT molecular complexity index is 1470. The topological polar surface area (TPSA) is 158 Å². The number of carbonyl (C=O) groups excluding carboxylic acids is 2. The minimum atomic E-state index is -3.83. The minimum absolute atomic E-state index is 0.156. The Morgan fingerprint density at radius 1 is 1.15 bits per heavy atom. The van der Waals surface area contributed by atoms with Gasteiger partial charge in [0, 0.05) is 24.4 Å². The molecule has 5 rings (SSSR count). The molecular weight excluding hydrogens is 544 g/mol. The van der Waals surface area contributed by atoms with Crippen molar-refractivity contribution in [3.8, 4) is 11.1 Å². The van der Waals surface area contributed by atoms with Gasteiger partial charge >= 0.3 is 17.7 Å². The quantitative estimate of drug-likeness (QED) is 0.270. The number of hydrogen-bond donors (Lipinski definition) is 3. The summed E-state index contributed by atoms with van der Waals surface area (Å²) in [7, 11) is 1.40. The molecule has 216 valence electrons. The second-order valence-corrected chi connectivity index (χ2v) is 9.60. The molecule has 0 unspecified atom stereocenters. The standard InChI is InChI=1S/C27H27F2N5O7/c1-33(26(38)41-22-17-8-4-2-6-15(17)16-7-3-5-9-18(16)22)12-21(35)31-14-39-13-19-23(36)27(28,29)24(40-19)34-11-10-20(30)32-25(34)37/h2-11,19,22-24,36H,12-14H2,1H3,(H,31,35)(H2,30,32,37)/t19-,23-,24-/m1/s1. The van der Waals surface area contributed by atoms with Crippen LogP contribution in [0.25, 0.3) is 11.1 Å². The molecule has 12 nitrogen and oxygen atoms in total. The molecule has 2 amide bonds. The number of aliphatic hydroxyl groups excluding tert-OH is 1. The molecule has 14 heteroatoms. The highest BCUT2D eigenvalue weighted by molar-refractivity contribution is 5.83. The highest BCUT2D eigenvalue weighted by Crippen LogP contribution is 2.45. The number of aliphatic hydroxyl groups is 1. The first kappa shape index (κ1) is 28.1. The van der Waals surface area contributed by atoms with Gasteiger partial charge in [0.15, 0.2) is 12.2 Å². The Hall–Kier alpha value is -4.40. The maximum atomic E-state index is 14.6. The van der Waals surface area contributed by atoms with Crippen LogP contribution in [0.1, 0.15) is 23.5 Å². The number of amides is 2. The zero-order chi connectivity index (χ0) is 29.3. The lowest BCUT2D eigenvalue weighted by atomic mass is 10.1. The summed E-state index contributed by atoms with van der Waals surface area (Å²) >= 11 is 0. The third-order valence-corrected chi connectivity index (χ3v) is 6.82. The number of rotatable bonds is 8. The predicted octanol–water partition coefficient (Wildman–Crippen LogP) is 1.65. The third-order valence-electron chi connectivity index (χ3n) is 6.82. The zero-order valence-electron chi connectivity index (χ0n) is 21.8. The van der Waals surface area contributed by atoms with E-state index in [2.05, 4.69) is 10.3 Å². The summed E-state index contributed by atoms with van der Waals surface area (Å²) in [6.45, 7) is -1.31. The number of nitrogens with one attached hydrogen (secondary N) is 1. The molecule has 3 aromatic rings. The van der Waals surface area contributed by atoms with Crippen LogP contribution in [-0.4, -0.2) is 76.6 Å². The molecule has 0 saturated carbocycles. The van der Waals surface area contributed by atoms with Crippen LogP contribution in [0, 0.1) is 0 Å². The predicted molar refractivity (Wildman–Crippen MR) is 140 cm³/mol. The second-order valence-electron chi connectivity index (χ2n) is 9.60. The summed E-state index contributed by atoms with van der Waals surface area (Å²) in [5.41, 5.74) is 7.94. The Kier molecular flexibility index (Phi) is 7.71. The number of fused-ring (bicyclic) bond motifs is 3. The molecule has 1 aliphatic carbocycles. The zero-order valence-corrected chi connectivity index (χ0v) is 21.8. The van der Waals surface area contributed by atoms with Crippen molar-refractivity contribution in [2.75, 3.05) is 32.7 Å². The molecule has 0 spiro atoms. The van der Waals surface area contributed by atoms with E-state index >= 15 is 0 Å². The number of benzene rings is 2. The lowest BCUT2D eigenvalue weighted by Gasteiger charge is -2.21. The maximum absolute atomic E-state index is 14.6. The number of nitrogens with zero attached hydrogens (tertiary/aromatic N) is 3. The SMILES string of the molecule is CN(CC(=O)NCOC[C@H]1O[C@@H](n2ccc(N)nc2=O)C(F)(F)[C@@H]1O)C(=O)OC1c2ccccc2-c2ccccc21. The molecule has 2 heterocycles. The molecule has 0 radical (unpaired) electrons. The van der Waals surface area contributed by atoms with Crippen molar-refractivity contribution in [2.45, 2.75) is 30.5 Å². The molecule has 1 aliphatic heterocycles. The first-order valence-corrected chi connectivity index (χ1v) is 12.6. The number of nitrogens with two attached hydrogens (primary N) is 1. The van der Waals surface area contributed by atoms with Crippen LogP contribution in [0.4, 0.5) is 19.4 Å². The van der Waals surface area contributed by atoms with Crippen molar-refractivity contribution < 1.29 is 37.7 Å². The number of likely N-dealkylation sites (N-methyl/N-ethyl adjacent to an activating group) is 1. The van der Waals surface area contributed by atoms with Gasteiger partial charge in [0.25, 0.3) is 0 Å². The Balaban J connectivity index is 1.10. The minimum Gasteiger partial charge on any atom is -0.436 e. The van der Waals surface area contributed by atoms with Crippen molar-refractivity contribution >= 4 is 17.8 Å². The van der Waals surface area contributed by atoms with Crippen LogP contribution in [0.5, 0.6) is 0 Å². The highest BCUT2D eigenvalue weighted by Gasteiger charge is 2.59. The van der Waals surface area contributed by atoms with E-state index in [1.54, 1.807) is 0 Å². The van der Waals surface area contributed by atoms with E-state index in [0.717, 1.165) is 39.4 Å². The average molecular weight is 572 g/mol. The van der Waals surface area contributed by atoms with Gasteiger partial charge in [-0.1, -0.05) is 48.5 Å². The number of ether oxygens (including phenoxy) is 3. The van der Waals surface area contributed by atoms with Crippen molar-refractivity contribution in [1.82, 2.24) is 19.8 Å². The molecule has 0 bridgehead atoms. The number of nitrogen functional groups attached to an aromatic ring is 1. The fourth-order valence-corrected chi connectivity index (χ4v) is 4.78. The maximum Gasteiger partial charge on any atom is 0.410 e. The van der Waals surface area contributed by atoms with E-state index in [-0.39, 0.29) is 12.4 Å². The number of halogens is 2. The molecular formula is C27H27F2N5O7. The van der Waals surface area contributed by atoms with Crippen LogP contribution in [0.15, 0.2) is 65.6 Å². The Morgan fingerprint density at radius 2 is 1.78 bits per heavy atom. The van der Waals surface area contributed by atoms with Crippen LogP contribution in [0.3, 0.4) is 0 Å². The highest BCUT2D eigenvalue weighted by atomic mass is 19.3. The van der Waals surface area contributed by atoms with Gasteiger partial charge in [-0.3, -0.25) is 9.36 Å². The number of aromatic nitrogens is 2. The van der Waals surface area contributed by atoms with Crippen molar-refractivity contribution in [3.63, 3.8) is 0 Å². The average Bonchev–Trinajstić information content (AvgIpc) is 3.37. The lowest BCUT2D eigenvalue weighted by Crippen LogP contribution is -2.42. The number of hydrogen-bond acceptors (Lipinski definition) is 9. The van der Waals surface area contributed by atoms with E-state index in [9.17, 15) is 28.3 Å². The van der Waals surface area contributed by atoms with E-state index in [1.807, 2.05) is 48.5 Å². The van der Waals surface area contributed by atoms with Gasteiger partial charge in [-0.15, -0.1) is 0 Å². The second kappa shape index (κ2) is 11.2. The molecule has 2 aliphatic rings. The van der Waals surface area contributed by atoms with Gasteiger partial charge in [-0.2, -0.15) is 13.8 Å². The van der Waals surface area contributed by atoms with Crippen molar-refractivity contribution in [1.29, 1.82) is 0 Å². The summed E-state index contributed by atoms with van der Waals surface area (Å²) in [6, 6.07) is 16.3. The summed E-state index contributed by atoms with van der Waals surface area (Å²) in [4.78, 5) is 41.6. The number of anilines is 1. The summed E-state index contributed by atoms with van der Waals surface area (Å²) in [5.74, 6) is -4.59. The normalized spacial score (nSPS) is 20.7. The Morgan fingerprint density at radius 3 is 2.41 bits per heavy atom. The van der Waals surface area contributed by atoms with Gasteiger partial charge in [-0.25, -0.2) is 9.59 Å². The number of alkyl halides is 2. The molecule has 2 aromatic carbocycles. The van der Waals surface area contributed by atoms with Gasteiger partial charge in [0.05, 0.1) is 6.61 Å². The first-order chi connectivity index (χ1) is 19.6. The summed E-state index contributed by atoms with van der Waals surface area (Å²) in [6.07, 6.45) is -6.28. The van der Waals surface area contributed by atoms with Gasteiger partial charge in [0.1, 0.15) is 25.2 Å². The van der Waals surface area contributed by atoms with E-state index in [0.29, 0.717) is 4.57 Å².